The highest BCUT2D eigenvalue weighted by Crippen LogP contribution is 2.26. The first kappa shape index (κ1) is 15.2. The molecule has 0 fully saturated rings. The monoisotopic (exact) mass is 309 g/mol. The Labute approximate surface area is 127 Å². The summed E-state index contributed by atoms with van der Waals surface area (Å²) >= 11 is 6.11. The van der Waals surface area contributed by atoms with Crippen LogP contribution >= 0.6 is 11.6 Å². The van der Waals surface area contributed by atoms with Gasteiger partial charge in [0.2, 0.25) is 0 Å². The average molecular weight is 310 g/mol. The van der Waals surface area contributed by atoms with Crippen LogP contribution in [0.1, 0.15) is 21.7 Å². The lowest BCUT2D eigenvalue weighted by Crippen LogP contribution is -2.11. The highest BCUT2D eigenvalue weighted by Gasteiger charge is 2.19. The number of ether oxygens (including phenoxy) is 2. The number of methoxy groups -OCH3 is 1. The highest BCUT2D eigenvalue weighted by atomic mass is 35.5. The van der Waals surface area contributed by atoms with Gasteiger partial charge in [0.1, 0.15) is 17.9 Å². The van der Waals surface area contributed by atoms with Gasteiger partial charge in [-0.15, -0.1) is 0 Å². The summed E-state index contributed by atoms with van der Waals surface area (Å²) in [5.74, 6) is -0.202. The Morgan fingerprint density at radius 2 is 2.19 bits per heavy atom. The van der Waals surface area contributed by atoms with Gasteiger partial charge in [-0.25, -0.2) is 4.79 Å². The third kappa shape index (κ3) is 2.95. The predicted molar refractivity (Wildman–Crippen MR) is 79.5 cm³/mol. The minimum atomic E-state index is -0.570. The number of hydrogen-bond acceptors (Lipinski definition) is 5. The summed E-state index contributed by atoms with van der Waals surface area (Å²) in [6.07, 6.45) is 0. The smallest absolute Gasteiger partial charge is 0.344 e. The maximum Gasteiger partial charge on any atom is 0.344 e. The van der Waals surface area contributed by atoms with Crippen LogP contribution in [-0.4, -0.2) is 22.9 Å². The molecule has 0 aliphatic heterocycles. The summed E-state index contributed by atoms with van der Waals surface area (Å²) in [5, 5.41) is 4.64. The molecule has 2 N–H and O–H groups in total. The molecule has 2 rings (SSSR count). The average Bonchev–Trinajstić information content (AvgIpc) is 2.69. The molecule has 0 radical (unpaired) electrons. The Balaban J connectivity index is 2.20. The molecule has 0 aliphatic rings. The van der Waals surface area contributed by atoms with Crippen molar-refractivity contribution in [2.24, 2.45) is 7.05 Å². The number of nitrogens with zero attached hydrogens (tertiary/aromatic N) is 2. The van der Waals surface area contributed by atoms with Gasteiger partial charge in [0.15, 0.2) is 0 Å². The van der Waals surface area contributed by atoms with E-state index in [-0.39, 0.29) is 12.2 Å². The maximum absolute atomic E-state index is 12.2. The van der Waals surface area contributed by atoms with Gasteiger partial charge in [-0.1, -0.05) is 17.7 Å². The van der Waals surface area contributed by atoms with E-state index in [1.54, 1.807) is 36.9 Å². The van der Waals surface area contributed by atoms with E-state index in [0.717, 1.165) is 0 Å². The zero-order valence-electron chi connectivity index (χ0n) is 12.0. The van der Waals surface area contributed by atoms with Crippen molar-refractivity contribution in [3.8, 4) is 5.75 Å². The van der Waals surface area contributed by atoms with E-state index in [1.807, 2.05) is 0 Å². The molecular formula is C14H16ClN3O3. The van der Waals surface area contributed by atoms with Crippen LogP contribution in [0.3, 0.4) is 0 Å². The van der Waals surface area contributed by atoms with E-state index in [4.69, 9.17) is 26.8 Å². The van der Waals surface area contributed by atoms with Crippen LogP contribution in [0.4, 0.5) is 5.69 Å². The topological polar surface area (TPSA) is 79.4 Å². The van der Waals surface area contributed by atoms with Gasteiger partial charge in [0.25, 0.3) is 0 Å². The Hall–Kier alpha value is -2.21. The normalized spacial score (nSPS) is 10.5. The van der Waals surface area contributed by atoms with E-state index < -0.39 is 5.97 Å². The van der Waals surface area contributed by atoms with Crippen LogP contribution in [-0.2, 0) is 18.4 Å². The number of anilines is 1. The highest BCUT2D eigenvalue weighted by molar-refractivity contribution is 6.31. The molecular weight excluding hydrogens is 294 g/mol. The fraction of sp³-hybridized carbons (Fsp3) is 0.286. The number of halogens is 1. The van der Waals surface area contributed by atoms with E-state index in [1.165, 1.54) is 7.11 Å². The van der Waals surface area contributed by atoms with Crippen molar-refractivity contribution < 1.29 is 14.3 Å². The molecule has 0 amide bonds. The predicted octanol–water partition coefficient (Wildman–Crippen LogP) is 2.33. The minimum absolute atomic E-state index is 0.00644. The third-order valence-electron chi connectivity index (χ3n) is 3.08. The maximum atomic E-state index is 12.2. The molecule has 1 aromatic heterocycles. The van der Waals surface area contributed by atoms with Crippen LogP contribution < -0.4 is 10.5 Å². The molecule has 1 aromatic carbocycles. The van der Waals surface area contributed by atoms with Gasteiger partial charge in [-0.3, -0.25) is 4.68 Å². The standard InChI is InChI=1S/C14H16ClN3O3/c1-8-13(15)10(18(2)17-8)7-21-14(19)12-9(16)5-4-6-11(12)20-3/h4-6H,7,16H2,1-3H3. The largest absolute Gasteiger partial charge is 0.496 e. The van der Waals surface area contributed by atoms with Crippen molar-refractivity contribution >= 4 is 23.3 Å². The molecule has 2 aromatic rings. The molecule has 112 valence electrons. The van der Waals surface area contributed by atoms with Crippen molar-refractivity contribution in [1.82, 2.24) is 9.78 Å². The number of aromatic nitrogens is 2. The number of nitrogen functional groups attached to an aromatic ring is 1. The molecule has 0 unspecified atom stereocenters. The van der Waals surface area contributed by atoms with Crippen LogP contribution in [0, 0.1) is 6.92 Å². The SMILES string of the molecule is COc1cccc(N)c1C(=O)OCc1c(Cl)c(C)nn1C. The first-order valence-corrected chi connectivity index (χ1v) is 6.61. The number of rotatable bonds is 4. The number of carbonyl (C=O) groups is 1. The second-order valence-electron chi connectivity index (χ2n) is 4.47. The van der Waals surface area contributed by atoms with Gasteiger partial charge >= 0.3 is 5.97 Å². The summed E-state index contributed by atoms with van der Waals surface area (Å²) in [5.41, 5.74) is 7.61. The molecule has 0 saturated heterocycles. The summed E-state index contributed by atoms with van der Waals surface area (Å²) in [4.78, 5) is 12.2. The van der Waals surface area contributed by atoms with Crippen molar-refractivity contribution in [3.05, 3.63) is 40.2 Å². The molecule has 0 bridgehead atoms. The summed E-state index contributed by atoms with van der Waals surface area (Å²) in [6.45, 7) is 1.79. The Kier molecular flexibility index (Phi) is 4.37. The van der Waals surface area contributed by atoms with Crippen molar-refractivity contribution in [2.75, 3.05) is 12.8 Å². The van der Waals surface area contributed by atoms with Gasteiger partial charge in [-0.2, -0.15) is 5.10 Å². The van der Waals surface area contributed by atoms with Gasteiger partial charge in [-0.05, 0) is 19.1 Å². The van der Waals surface area contributed by atoms with Gasteiger partial charge < -0.3 is 15.2 Å². The number of esters is 1. The second kappa shape index (κ2) is 6.05. The zero-order valence-corrected chi connectivity index (χ0v) is 12.8. The lowest BCUT2D eigenvalue weighted by atomic mass is 10.1. The summed E-state index contributed by atoms with van der Waals surface area (Å²) in [7, 11) is 3.20. The van der Waals surface area contributed by atoms with E-state index in [0.29, 0.717) is 27.8 Å². The fourth-order valence-corrected chi connectivity index (χ4v) is 2.19. The summed E-state index contributed by atoms with van der Waals surface area (Å²) < 4.78 is 12.0. The Bertz CT molecular complexity index is 682. The van der Waals surface area contributed by atoms with E-state index in [2.05, 4.69) is 5.10 Å². The lowest BCUT2D eigenvalue weighted by molar-refractivity contribution is 0.0461. The summed E-state index contributed by atoms with van der Waals surface area (Å²) in [6, 6.07) is 4.96. The second-order valence-corrected chi connectivity index (χ2v) is 4.85. The van der Waals surface area contributed by atoms with Crippen LogP contribution in [0.25, 0.3) is 0 Å². The number of aryl methyl sites for hydroxylation is 2. The quantitative estimate of drug-likeness (QED) is 0.692. The van der Waals surface area contributed by atoms with Crippen molar-refractivity contribution in [2.45, 2.75) is 13.5 Å². The molecule has 6 nitrogen and oxygen atoms in total. The van der Waals surface area contributed by atoms with Gasteiger partial charge in [0, 0.05) is 12.7 Å². The van der Waals surface area contributed by atoms with Crippen molar-refractivity contribution in [1.29, 1.82) is 0 Å². The Morgan fingerprint density at radius 1 is 1.48 bits per heavy atom. The number of benzene rings is 1. The van der Waals surface area contributed by atoms with Crippen LogP contribution in [0.2, 0.25) is 5.02 Å². The van der Waals surface area contributed by atoms with Crippen molar-refractivity contribution in [3.63, 3.8) is 0 Å². The van der Waals surface area contributed by atoms with Crippen LogP contribution in [0.15, 0.2) is 18.2 Å². The molecule has 0 atom stereocenters. The molecule has 21 heavy (non-hydrogen) atoms. The molecule has 1 heterocycles. The first-order valence-electron chi connectivity index (χ1n) is 6.23. The number of carbonyl (C=O) groups excluding carboxylic acids is 1. The van der Waals surface area contributed by atoms with Crippen LogP contribution in [0.5, 0.6) is 5.75 Å². The zero-order chi connectivity index (χ0) is 15.6. The number of nitrogens with two attached hydrogens (primary N) is 1. The number of hydrogen-bond donors (Lipinski definition) is 1. The minimum Gasteiger partial charge on any atom is -0.496 e. The Morgan fingerprint density at radius 3 is 2.76 bits per heavy atom. The van der Waals surface area contributed by atoms with Gasteiger partial charge in [0.05, 0.1) is 23.5 Å². The molecule has 0 spiro atoms. The van der Waals surface area contributed by atoms with E-state index in [9.17, 15) is 4.79 Å². The molecule has 0 saturated carbocycles. The fourth-order valence-electron chi connectivity index (χ4n) is 1.98. The first-order chi connectivity index (χ1) is 9.95. The van der Waals surface area contributed by atoms with E-state index >= 15 is 0 Å². The molecule has 0 aliphatic carbocycles. The lowest BCUT2D eigenvalue weighted by Gasteiger charge is -2.11. The molecule has 7 heteroatoms. The third-order valence-corrected chi connectivity index (χ3v) is 3.58.